The van der Waals surface area contributed by atoms with Crippen molar-refractivity contribution in [1.82, 2.24) is 4.72 Å². The van der Waals surface area contributed by atoms with Crippen LogP contribution in [0.15, 0.2) is 29.2 Å². The first-order valence-corrected chi connectivity index (χ1v) is 13.3. The van der Waals surface area contributed by atoms with Gasteiger partial charge in [-0.3, -0.25) is 4.79 Å². The van der Waals surface area contributed by atoms with Crippen LogP contribution in [0.25, 0.3) is 0 Å². The highest BCUT2D eigenvalue weighted by Gasteiger charge is 2.30. The van der Waals surface area contributed by atoms with Crippen molar-refractivity contribution < 1.29 is 36.7 Å². The minimum atomic E-state index is -4.13. The number of esters is 2. The number of ether oxygens (including phenoxy) is 2. The Morgan fingerprint density at radius 1 is 1.06 bits per heavy atom. The molecule has 192 valence electrons. The van der Waals surface area contributed by atoms with Crippen molar-refractivity contribution in [2.45, 2.75) is 52.0 Å². The van der Waals surface area contributed by atoms with Crippen LogP contribution in [-0.2, 0) is 24.3 Å². The van der Waals surface area contributed by atoms with Crippen molar-refractivity contribution in [2.75, 3.05) is 18.5 Å². The second kappa shape index (κ2) is 12.2. The first-order chi connectivity index (χ1) is 16.4. The number of halogens is 1. The van der Waals surface area contributed by atoms with Gasteiger partial charge < -0.3 is 14.8 Å². The van der Waals surface area contributed by atoms with Gasteiger partial charge in [0.1, 0.15) is 21.7 Å². The number of nitrogens with one attached hydrogen (secondary N) is 2. The second-order valence-corrected chi connectivity index (χ2v) is 10.7. The highest BCUT2D eigenvalue weighted by molar-refractivity contribution is 7.89. The Labute approximate surface area is 208 Å². The van der Waals surface area contributed by atoms with Crippen molar-refractivity contribution in [1.29, 1.82) is 0 Å². The van der Waals surface area contributed by atoms with E-state index in [1.807, 2.05) is 13.8 Å². The quantitative estimate of drug-likeness (QED) is 0.424. The summed E-state index contributed by atoms with van der Waals surface area (Å²) in [6, 6.07) is 2.95. The number of hydrogen-bond acceptors (Lipinski definition) is 8. The minimum absolute atomic E-state index is 0.00191. The van der Waals surface area contributed by atoms with E-state index in [9.17, 15) is 27.2 Å². The average molecular weight is 529 g/mol. The third-order valence-electron chi connectivity index (χ3n) is 4.74. The van der Waals surface area contributed by atoms with Crippen LogP contribution < -0.4 is 10.0 Å². The summed E-state index contributed by atoms with van der Waals surface area (Å²) in [6.07, 6.45) is 0.0780. The molecule has 0 radical (unpaired) electrons. The fourth-order valence-corrected chi connectivity index (χ4v) is 5.31. The zero-order valence-corrected chi connectivity index (χ0v) is 21.8. The molecule has 2 rings (SSSR count). The van der Waals surface area contributed by atoms with Gasteiger partial charge in [0.15, 0.2) is 0 Å². The standard InChI is InChI=1S/C23H29FN2O7S2/c1-6-17(26-35(30,31)16-10-8-15(24)9-11-16)20(27)25-21-18(22(28)32-7-2)14(5)19(34-21)23(29)33-12-13(3)4/h8-11,13,17,26H,6-7,12H2,1-5H3,(H,25,27). The monoisotopic (exact) mass is 528 g/mol. The van der Waals surface area contributed by atoms with Gasteiger partial charge in [-0.2, -0.15) is 4.72 Å². The van der Waals surface area contributed by atoms with E-state index in [1.54, 1.807) is 20.8 Å². The Hall–Kier alpha value is -2.83. The summed E-state index contributed by atoms with van der Waals surface area (Å²) in [4.78, 5) is 38.1. The van der Waals surface area contributed by atoms with Crippen LogP contribution in [0.4, 0.5) is 9.39 Å². The molecule has 0 fully saturated rings. The molecule has 1 aromatic heterocycles. The van der Waals surface area contributed by atoms with E-state index in [1.165, 1.54) is 0 Å². The van der Waals surface area contributed by atoms with Gasteiger partial charge in [0.05, 0.1) is 23.7 Å². The molecule has 0 aliphatic carbocycles. The summed E-state index contributed by atoms with van der Waals surface area (Å²) >= 11 is 0.846. The maximum atomic E-state index is 13.2. The molecule has 2 aromatic rings. The molecule has 0 saturated heterocycles. The molecule has 0 saturated carbocycles. The largest absolute Gasteiger partial charge is 0.462 e. The zero-order valence-electron chi connectivity index (χ0n) is 20.1. The Kier molecular flexibility index (Phi) is 9.92. The molecule has 0 spiro atoms. The fraction of sp³-hybridized carbons (Fsp3) is 0.435. The fourth-order valence-electron chi connectivity index (χ4n) is 2.94. The lowest BCUT2D eigenvalue weighted by molar-refractivity contribution is -0.117. The number of rotatable bonds is 11. The predicted octanol–water partition coefficient (Wildman–Crippen LogP) is 3.88. The van der Waals surface area contributed by atoms with Crippen LogP contribution in [0.5, 0.6) is 0 Å². The summed E-state index contributed by atoms with van der Waals surface area (Å²) in [5.41, 5.74) is 0.287. The lowest BCUT2D eigenvalue weighted by atomic mass is 10.1. The lowest BCUT2D eigenvalue weighted by Gasteiger charge is -2.17. The van der Waals surface area contributed by atoms with E-state index in [-0.39, 0.29) is 51.5 Å². The molecule has 0 aliphatic rings. The average Bonchev–Trinajstić information content (AvgIpc) is 3.11. The highest BCUT2D eigenvalue weighted by Crippen LogP contribution is 2.34. The molecule has 1 amide bonds. The maximum Gasteiger partial charge on any atom is 0.348 e. The summed E-state index contributed by atoms with van der Waals surface area (Å²) < 4.78 is 51.1. The molecule has 12 heteroatoms. The Morgan fingerprint density at radius 3 is 2.23 bits per heavy atom. The molecule has 9 nitrogen and oxygen atoms in total. The molecular formula is C23H29FN2O7S2. The van der Waals surface area contributed by atoms with Crippen molar-refractivity contribution >= 4 is 44.2 Å². The summed E-state index contributed by atoms with van der Waals surface area (Å²) in [5.74, 6) is -2.62. The van der Waals surface area contributed by atoms with Crippen LogP contribution in [0.3, 0.4) is 0 Å². The molecule has 1 heterocycles. The van der Waals surface area contributed by atoms with Crippen molar-refractivity contribution in [3.8, 4) is 0 Å². The van der Waals surface area contributed by atoms with Gasteiger partial charge in [0, 0.05) is 0 Å². The van der Waals surface area contributed by atoms with E-state index >= 15 is 0 Å². The van der Waals surface area contributed by atoms with Gasteiger partial charge in [0.2, 0.25) is 15.9 Å². The Morgan fingerprint density at radius 2 is 1.69 bits per heavy atom. The summed E-state index contributed by atoms with van der Waals surface area (Å²) in [5, 5.41) is 2.59. The molecule has 1 atom stereocenters. The number of benzene rings is 1. The number of carbonyl (C=O) groups excluding carboxylic acids is 3. The van der Waals surface area contributed by atoms with Crippen LogP contribution >= 0.6 is 11.3 Å². The summed E-state index contributed by atoms with van der Waals surface area (Å²) in [7, 11) is -4.13. The molecule has 1 unspecified atom stereocenters. The number of anilines is 1. The normalized spacial score (nSPS) is 12.3. The molecule has 0 bridgehead atoms. The van der Waals surface area contributed by atoms with E-state index < -0.39 is 39.7 Å². The molecule has 1 aromatic carbocycles. The maximum absolute atomic E-state index is 13.2. The van der Waals surface area contributed by atoms with Crippen LogP contribution in [0, 0.1) is 18.7 Å². The van der Waals surface area contributed by atoms with Crippen molar-refractivity contribution in [3.63, 3.8) is 0 Å². The number of amides is 1. The van der Waals surface area contributed by atoms with Gasteiger partial charge >= 0.3 is 11.9 Å². The van der Waals surface area contributed by atoms with Crippen molar-refractivity contribution in [3.05, 3.63) is 46.1 Å². The van der Waals surface area contributed by atoms with Gasteiger partial charge in [-0.1, -0.05) is 20.8 Å². The van der Waals surface area contributed by atoms with Gasteiger partial charge in [-0.15, -0.1) is 11.3 Å². The Bertz CT molecular complexity index is 1180. The third-order valence-corrected chi connectivity index (χ3v) is 7.42. The number of sulfonamides is 1. The predicted molar refractivity (Wildman–Crippen MR) is 130 cm³/mol. The van der Waals surface area contributed by atoms with Crippen molar-refractivity contribution in [2.24, 2.45) is 5.92 Å². The molecule has 35 heavy (non-hydrogen) atoms. The van der Waals surface area contributed by atoms with Gasteiger partial charge in [0.25, 0.3) is 0 Å². The lowest BCUT2D eigenvalue weighted by Crippen LogP contribution is -2.43. The molecule has 0 aliphatic heterocycles. The Balaban J connectivity index is 2.33. The highest BCUT2D eigenvalue weighted by atomic mass is 32.2. The van der Waals surface area contributed by atoms with Gasteiger partial charge in [-0.05, 0) is 56.0 Å². The van der Waals surface area contributed by atoms with Crippen LogP contribution in [0.1, 0.15) is 59.7 Å². The smallest absolute Gasteiger partial charge is 0.348 e. The minimum Gasteiger partial charge on any atom is -0.462 e. The first kappa shape index (κ1) is 28.4. The van der Waals surface area contributed by atoms with E-state index in [4.69, 9.17) is 9.47 Å². The van der Waals surface area contributed by atoms with Gasteiger partial charge in [-0.25, -0.2) is 22.4 Å². The number of carbonyl (C=O) groups is 3. The van der Waals surface area contributed by atoms with E-state index in [0.717, 1.165) is 35.6 Å². The second-order valence-electron chi connectivity index (χ2n) is 8.00. The third kappa shape index (κ3) is 7.33. The summed E-state index contributed by atoms with van der Waals surface area (Å²) in [6.45, 7) is 8.76. The number of thiophene rings is 1. The van der Waals surface area contributed by atoms with Crippen LogP contribution in [-0.4, -0.2) is 45.5 Å². The molecular weight excluding hydrogens is 499 g/mol. The van der Waals surface area contributed by atoms with Crippen LogP contribution in [0.2, 0.25) is 0 Å². The first-order valence-electron chi connectivity index (χ1n) is 11.0. The topological polar surface area (TPSA) is 128 Å². The molecule has 2 N–H and O–H groups in total. The van der Waals surface area contributed by atoms with E-state index in [2.05, 4.69) is 10.0 Å². The SMILES string of the molecule is CCOC(=O)c1c(NC(=O)C(CC)NS(=O)(=O)c2ccc(F)cc2)sc(C(=O)OCC(C)C)c1C. The van der Waals surface area contributed by atoms with E-state index in [0.29, 0.717) is 0 Å². The zero-order chi connectivity index (χ0) is 26.3. The number of hydrogen-bond donors (Lipinski definition) is 2.